The Labute approximate surface area is 194 Å². The van der Waals surface area contributed by atoms with Crippen LogP contribution in [0.5, 0.6) is 11.5 Å². The number of rotatable bonds is 6. The van der Waals surface area contributed by atoms with Gasteiger partial charge in [-0.15, -0.1) is 0 Å². The number of benzene rings is 3. The van der Waals surface area contributed by atoms with E-state index in [-0.39, 0.29) is 16.1 Å². The third-order valence-electron chi connectivity index (χ3n) is 4.93. The molecule has 1 N–H and O–H groups in total. The van der Waals surface area contributed by atoms with E-state index in [1.54, 1.807) is 62.2 Å². The first-order valence-corrected chi connectivity index (χ1v) is 12.1. The summed E-state index contributed by atoms with van der Waals surface area (Å²) in [7, 11) is 1.16. The molecule has 10 heteroatoms. The van der Waals surface area contributed by atoms with Gasteiger partial charge in [0.1, 0.15) is 0 Å². The summed E-state index contributed by atoms with van der Waals surface area (Å²) in [5.41, 5.74) is 1.37. The van der Waals surface area contributed by atoms with Crippen LogP contribution in [0, 0.1) is 0 Å². The molecule has 0 saturated carbocycles. The van der Waals surface area contributed by atoms with E-state index in [1.165, 1.54) is 29.5 Å². The van der Waals surface area contributed by atoms with Gasteiger partial charge in [-0.2, -0.15) is 4.99 Å². The number of hydrogen-bond acceptors (Lipinski definition) is 6. The summed E-state index contributed by atoms with van der Waals surface area (Å²) < 4.78 is 41.0. The molecule has 0 aliphatic heterocycles. The summed E-state index contributed by atoms with van der Waals surface area (Å²) in [6.07, 6.45) is 0. The molecule has 0 aliphatic rings. The Kier molecular flexibility index (Phi) is 6.21. The van der Waals surface area contributed by atoms with E-state index in [0.29, 0.717) is 16.3 Å². The van der Waals surface area contributed by atoms with Crippen LogP contribution in [0.3, 0.4) is 0 Å². The number of hydrogen-bond donors (Lipinski definition) is 1. The second-order valence-corrected chi connectivity index (χ2v) is 9.73. The number of nitrogens with one attached hydrogen (secondary N) is 1. The van der Waals surface area contributed by atoms with Crippen LogP contribution in [0.15, 0.2) is 76.6 Å². The molecule has 0 radical (unpaired) electrons. The Morgan fingerprint density at radius 3 is 2.36 bits per heavy atom. The summed E-state index contributed by atoms with van der Waals surface area (Å²) in [5, 5.41) is 0. The number of carbonyl (C=O) groups is 1. The average Bonchev–Trinajstić information content (AvgIpc) is 3.12. The maximum Gasteiger partial charge on any atom is 0.279 e. The number of amides is 1. The number of nitrogens with zero attached hydrogens (tertiary/aromatic N) is 2. The van der Waals surface area contributed by atoms with Crippen molar-refractivity contribution in [2.24, 2.45) is 12.0 Å². The first-order valence-electron chi connectivity index (χ1n) is 9.81. The van der Waals surface area contributed by atoms with Crippen LogP contribution < -0.4 is 19.0 Å². The standard InChI is InChI=1S/C23H21N3O5S2/c1-26-18-13-19(30-2)20(31-3)14-21(18)32-23(26)24-22(27)15-8-7-9-16(12-15)25-33(28,29)17-10-5-4-6-11-17/h4-14,25H,1-3H3. The van der Waals surface area contributed by atoms with Crippen molar-refractivity contribution in [2.45, 2.75) is 4.90 Å². The maximum absolute atomic E-state index is 12.9. The number of ether oxygens (including phenoxy) is 2. The van der Waals surface area contributed by atoms with Crippen LogP contribution in [0.1, 0.15) is 10.4 Å². The highest BCUT2D eigenvalue weighted by Crippen LogP contribution is 2.33. The van der Waals surface area contributed by atoms with Gasteiger partial charge in [0.05, 0.1) is 29.3 Å². The van der Waals surface area contributed by atoms with Crippen LogP contribution in [0.2, 0.25) is 0 Å². The molecule has 1 aromatic heterocycles. The molecule has 1 amide bonds. The van der Waals surface area contributed by atoms with Gasteiger partial charge in [-0.05, 0) is 30.3 Å². The van der Waals surface area contributed by atoms with E-state index in [1.807, 2.05) is 12.1 Å². The Morgan fingerprint density at radius 1 is 0.970 bits per heavy atom. The molecular formula is C23H21N3O5S2. The molecular weight excluding hydrogens is 462 g/mol. The molecule has 0 atom stereocenters. The number of aromatic nitrogens is 1. The average molecular weight is 484 g/mol. The number of sulfonamides is 1. The van der Waals surface area contributed by atoms with Crippen molar-refractivity contribution >= 4 is 43.2 Å². The van der Waals surface area contributed by atoms with Gasteiger partial charge in [0.25, 0.3) is 15.9 Å². The van der Waals surface area contributed by atoms with E-state index in [9.17, 15) is 13.2 Å². The predicted octanol–water partition coefficient (Wildman–Crippen LogP) is 3.80. The third-order valence-corrected chi connectivity index (χ3v) is 7.42. The monoisotopic (exact) mass is 483 g/mol. The van der Waals surface area contributed by atoms with Crippen molar-refractivity contribution in [1.29, 1.82) is 0 Å². The zero-order valence-corrected chi connectivity index (χ0v) is 19.7. The fourth-order valence-corrected chi connectivity index (χ4v) is 5.34. The number of carbonyl (C=O) groups excluding carboxylic acids is 1. The molecule has 1 heterocycles. The topological polar surface area (TPSA) is 99.0 Å². The van der Waals surface area contributed by atoms with Crippen LogP contribution in [0.25, 0.3) is 10.2 Å². The first kappa shape index (κ1) is 22.6. The lowest BCUT2D eigenvalue weighted by Crippen LogP contribution is -2.14. The molecule has 0 spiro atoms. The van der Waals surface area contributed by atoms with E-state index in [0.717, 1.165) is 10.2 Å². The van der Waals surface area contributed by atoms with Crippen LogP contribution in [-0.2, 0) is 17.1 Å². The van der Waals surface area contributed by atoms with E-state index in [4.69, 9.17) is 9.47 Å². The van der Waals surface area contributed by atoms with E-state index >= 15 is 0 Å². The number of anilines is 1. The lowest BCUT2D eigenvalue weighted by molar-refractivity contribution is 0.0998. The molecule has 0 aliphatic carbocycles. The SMILES string of the molecule is COc1cc2sc(=NC(=O)c3cccc(NS(=O)(=O)c4ccccc4)c3)n(C)c2cc1OC. The fourth-order valence-electron chi connectivity index (χ4n) is 3.24. The fraction of sp³-hybridized carbons (Fsp3) is 0.130. The summed E-state index contributed by atoms with van der Waals surface area (Å²) in [6.45, 7) is 0. The van der Waals surface area contributed by atoms with Crippen molar-refractivity contribution in [3.63, 3.8) is 0 Å². The molecule has 0 fully saturated rings. The molecule has 0 unspecified atom stereocenters. The summed E-state index contributed by atoms with van der Waals surface area (Å²) in [6, 6.07) is 17.9. The van der Waals surface area contributed by atoms with Crippen LogP contribution in [-0.4, -0.2) is 33.1 Å². The number of aryl methyl sites for hydroxylation is 1. The highest BCUT2D eigenvalue weighted by Gasteiger charge is 2.15. The minimum Gasteiger partial charge on any atom is -0.493 e. The number of methoxy groups -OCH3 is 2. The molecule has 3 aromatic carbocycles. The van der Waals surface area contributed by atoms with Crippen LogP contribution in [0.4, 0.5) is 5.69 Å². The number of thiazole rings is 1. The van der Waals surface area contributed by atoms with E-state index in [2.05, 4.69) is 9.71 Å². The van der Waals surface area contributed by atoms with Gasteiger partial charge in [-0.1, -0.05) is 35.6 Å². The van der Waals surface area contributed by atoms with Gasteiger partial charge >= 0.3 is 0 Å². The number of fused-ring (bicyclic) bond motifs is 1. The Hall–Kier alpha value is -3.63. The molecule has 0 bridgehead atoms. The molecule has 8 nitrogen and oxygen atoms in total. The third kappa shape index (κ3) is 4.62. The van der Waals surface area contributed by atoms with Gasteiger partial charge in [-0.25, -0.2) is 8.42 Å². The second-order valence-electron chi connectivity index (χ2n) is 7.03. The summed E-state index contributed by atoms with van der Waals surface area (Å²) >= 11 is 1.34. The Bertz CT molecular complexity index is 1510. The molecule has 170 valence electrons. The van der Waals surface area contributed by atoms with Crippen molar-refractivity contribution in [3.05, 3.63) is 77.1 Å². The van der Waals surface area contributed by atoms with Gasteiger partial charge in [0.2, 0.25) is 0 Å². The Balaban J connectivity index is 1.67. The highest BCUT2D eigenvalue weighted by molar-refractivity contribution is 7.92. The minimum absolute atomic E-state index is 0.134. The quantitative estimate of drug-likeness (QED) is 0.450. The van der Waals surface area contributed by atoms with E-state index < -0.39 is 15.9 Å². The van der Waals surface area contributed by atoms with Gasteiger partial charge in [0.15, 0.2) is 16.3 Å². The maximum atomic E-state index is 12.9. The second kappa shape index (κ2) is 9.08. The Morgan fingerprint density at radius 2 is 1.67 bits per heavy atom. The first-order chi connectivity index (χ1) is 15.8. The van der Waals surface area contributed by atoms with Crippen LogP contribution >= 0.6 is 11.3 Å². The largest absolute Gasteiger partial charge is 0.493 e. The molecule has 33 heavy (non-hydrogen) atoms. The lowest BCUT2D eigenvalue weighted by Gasteiger charge is -2.08. The zero-order chi connectivity index (χ0) is 23.6. The normalized spacial score (nSPS) is 12.0. The summed E-state index contributed by atoms with van der Waals surface area (Å²) in [4.78, 5) is 17.8. The van der Waals surface area contributed by atoms with Gasteiger partial charge in [-0.3, -0.25) is 9.52 Å². The van der Waals surface area contributed by atoms with Gasteiger partial charge in [0, 0.05) is 30.4 Å². The summed E-state index contributed by atoms with van der Waals surface area (Å²) in [5.74, 6) is 0.676. The molecule has 0 saturated heterocycles. The predicted molar refractivity (Wildman–Crippen MR) is 127 cm³/mol. The van der Waals surface area contributed by atoms with Crippen molar-refractivity contribution in [2.75, 3.05) is 18.9 Å². The van der Waals surface area contributed by atoms with Crippen molar-refractivity contribution in [1.82, 2.24) is 4.57 Å². The lowest BCUT2D eigenvalue weighted by atomic mass is 10.2. The minimum atomic E-state index is -3.77. The van der Waals surface area contributed by atoms with Gasteiger partial charge < -0.3 is 14.0 Å². The van der Waals surface area contributed by atoms with Crippen molar-refractivity contribution in [3.8, 4) is 11.5 Å². The van der Waals surface area contributed by atoms with Crippen molar-refractivity contribution < 1.29 is 22.7 Å². The molecule has 4 rings (SSSR count). The zero-order valence-electron chi connectivity index (χ0n) is 18.1. The smallest absolute Gasteiger partial charge is 0.279 e. The highest BCUT2D eigenvalue weighted by atomic mass is 32.2. The molecule has 4 aromatic rings.